The molecule has 1 atom stereocenters. The summed E-state index contributed by atoms with van der Waals surface area (Å²) in [5.41, 5.74) is -0.439. The summed E-state index contributed by atoms with van der Waals surface area (Å²) < 4.78 is 0. The molecule has 3 heteroatoms. The van der Waals surface area contributed by atoms with Crippen molar-refractivity contribution in [1.29, 1.82) is 0 Å². The van der Waals surface area contributed by atoms with E-state index in [9.17, 15) is 4.79 Å². The fraction of sp³-hybridized carbons (Fsp3) is 0.938. The highest BCUT2D eigenvalue weighted by molar-refractivity contribution is 5.85. The van der Waals surface area contributed by atoms with Gasteiger partial charge in [-0.2, -0.15) is 0 Å². The zero-order chi connectivity index (χ0) is 14.9. The summed E-state index contributed by atoms with van der Waals surface area (Å²) in [4.78, 5) is 12.4. The molecule has 0 spiro atoms. The largest absolute Gasteiger partial charge is 0.355 e. The van der Waals surface area contributed by atoms with Crippen LogP contribution in [0.3, 0.4) is 0 Å². The summed E-state index contributed by atoms with van der Waals surface area (Å²) in [7, 11) is 0. The molecule has 19 heavy (non-hydrogen) atoms. The lowest BCUT2D eigenvalue weighted by atomic mass is 9.88. The van der Waals surface area contributed by atoms with Crippen LogP contribution >= 0.6 is 0 Å². The quantitative estimate of drug-likeness (QED) is 0.639. The molecular weight excluding hydrogens is 236 g/mol. The van der Waals surface area contributed by atoms with Crippen molar-refractivity contribution >= 4 is 5.91 Å². The fourth-order valence-electron chi connectivity index (χ4n) is 2.44. The van der Waals surface area contributed by atoms with Crippen molar-refractivity contribution in [3.63, 3.8) is 0 Å². The van der Waals surface area contributed by atoms with Crippen LogP contribution in [0.1, 0.15) is 67.2 Å². The van der Waals surface area contributed by atoms with Crippen molar-refractivity contribution in [2.45, 2.75) is 72.8 Å². The van der Waals surface area contributed by atoms with E-state index in [1.807, 2.05) is 6.92 Å². The van der Waals surface area contributed by atoms with Gasteiger partial charge in [-0.25, -0.2) is 0 Å². The molecule has 0 saturated carbocycles. The first kappa shape index (κ1) is 18.4. The molecule has 2 N–H and O–H groups in total. The van der Waals surface area contributed by atoms with E-state index < -0.39 is 5.54 Å². The Labute approximate surface area is 119 Å². The first-order valence-corrected chi connectivity index (χ1v) is 7.92. The van der Waals surface area contributed by atoms with Gasteiger partial charge in [0, 0.05) is 6.54 Å². The van der Waals surface area contributed by atoms with E-state index in [1.165, 1.54) is 0 Å². The van der Waals surface area contributed by atoms with Gasteiger partial charge in [-0.05, 0) is 38.1 Å². The molecule has 0 aliphatic rings. The zero-order valence-corrected chi connectivity index (χ0v) is 13.8. The minimum Gasteiger partial charge on any atom is -0.355 e. The zero-order valence-electron chi connectivity index (χ0n) is 13.8. The van der Waals surface area contributed by atoms with Crippen molar-refractivity contribution in [2.75, 3.05) is 13.1 Å². The third-order valence-electron chi connectivity index (χ3n) is 3.79. The summed E-state index contributed by atoms with van der Waals surface area (Å²) in [6.07, 6.45) is 4.19. The average molecular weight is 270 g/mol. The van der Waals surface area contributed by atoms with Gasteiger partial charge in [0.25, 0.3) is 0 Å². The number of hydrogen-bond acceptors (Lipinski definition) is 2. The third kappa shape index (κ3) is 6.95. The molecular formula is C16H34N2O. The Morgan fingerprint density at radius 1 is 1.16 bits per heavy atom. The van der Waals surface area contributed by atoms with E-state index in [0.29, 0.717) is 11.8 Å². The van der Waals surface area contributed by atoms with Crippen LogP contribution in [-0.4, -0.2) is 24.5 Å². The predicted molar refractivity (Wildman–Crippen MR) is 83.2 cm³/mol. The summed E-state index contributed by atoms with van der Waals surface area (Å²) in [5, 5.41) is 6.56. The number of amides is 1. The van der Waals surface area contributed by atoms with Gasteiger partial charge < -0.3 is 10.6 Å². The highest BCUT2D eigenvalue weighted by Crippen LogP contribution is 2.18. The van der Waals surface area contributed by atoms with Crippen LogP contribution in [0, 0.1) is 11.8 Å². The molecule has 0 aromatic carbocycles. The number of carbonyl (C=O) groups is 1. The minimum atomic E-state index is -0.439. The summed E-state index contributed by atoms with van der Waals surface area (Å²) in [5.74, 6) is 1.31. The smallest absolute Gasteiger partial charge is 0.240 e. The van der Waals surface area contributed by atoms with E-state index in [2.05, 4.69) is 45.3 Å². The molecule has 1 amide bonds. The molecule has 0 aliphatic carbocycles. The van der Waals surface area contributed by atoms with Crippen LogP contribution in [0.15, 0.2) is 0 Å². The molecule has 3 nitrogen and oxygen atoms in total. The molecule has 0 radical (unpaired) electrons. The van der Waals surface area contributed by atoms with Gasteiger partial charge in [-0.15, -0.1) is 0 Å². The molecule has 114 valence electrons. The first-order valence-electron chi connectivity index (χ1n) is 7.92. The van der Waals surface area contributed by atoms with Crippen LogP contribution in [0.4, 0.5) is 0 Å². The van der Waals surface area contributed by atoms with Crippen LogP contribution in [0.25, 0.3) is 0 Å². The molecule has 0 heterocycles. The maximum Gasteiger partial charge on any atom is 0.240 e. The van der Waals surface area contributed by atoms with Gasteiger partial charge in [0.15, 0.2) is 0 Å². The summed E-state index contributed by atoms with van der Waals surface area (Å²) >= 11 is 0. The molecule has 0 aromatic rings. The maximum atomic E-state index is 12.4. The van der Waals surface area contributed by atoms with Crippen molar-refractivity contribution in [3.05, 3.63) is 0 Å². The minimum absolute atomic E-state index is 0.147. The first-order chi connectivity index (χ1) is 8.89. The Bertz CT molecular complexity index is 249. The number of rotatable bonds is 10. The van der Waals surface area contributed by atoms with Crippen LogP contribution in [0.2, 0.25) is 0 Å². The monoisotopic (exact) mass is 270 g/mol. The number of hydrogen-bond donors (Lipinski definition) is 2. The van der Waals surface area contributed by atoms with Gasteiger partial charge in [0.05, 0.1) is 5.54 Å². The topological polar surface area (TPSA) is 41.1 Å². The Morgan fingerprint density at radius 3 is 2.16 bits per heavy atom. The van der Waals surface area contributed by atoms with Gasteiger partial charge in [0.2, 0.25) is 5.91 Å². The molecule has 0 bridgehead atoms. The summed E-state index contributed by atoms with van der Waals surface area (Å²) in [6, 6.07) is 0. The van der Waals surface area contributed by atoms with Crippen molar-refractivity contribution in [2.24, 2.45) is 11.8 Å². The van der Waals surface area contributed by atoms with Gasteiger partial charge in [0.1, 0.15) is 0 Å². The lowest BCUT2D eigenvalue weighted by molar-refractivity contribution is -0.127. The Hall–Kier alpha value is -0.570. The number of carbonyl (C=O) groups excluding carboxylic acids is 1. The lowest BCUT2D eigenvalue weighted by Crippen LogP contribution is -2.56. The predicted octanol–water partition coefficient (Wildman–Crippen LogP) is 3.34. The Balaban J connectivity index is 4.62. The van der Waals surface area contributed by atoms with E-state index in [1.54, 1.807) is 0 Å². The number of nitrogens with one attached hydrogen (secondary N) is 2. The molecule has 0 aliphatic heterocycles. The second-order valence-corrected chi connectivity index (χ2v) is 6.25. The van der Waals surface area contributed by atoms with Crippen LogP contribution < -0.4 is 10.6 Å². The average Bonchev–Trinajstić information content (AvgIpc) is 2.36. The molecule has 0 aromatic heterocycles. The maximum absolute atomic E-state index is 12.4. The Kier molecular flexibility index (Phi) is 9.07. The van der Waals surface area contributed by atoms with E-state index in [4.69, 9.17) is 0 Å². The molecule has 0 rings (SSSR count). The lowest BCUT2D eigenvalue weighted by Gasteiger charge is -2.33. The molecule has 0 fully saturated rings. The SMILES string of the molecule is CCCNC(=O)C(C)(CC(C)C)NCC(CC)CC. The van der Waals surface area contributed by atoms with Gasteiger partial charge >= 0.3 is 0 Å². The fourth-order valence-corrected chi connectivity index (χ4v) is 2.44. The highest BCUT2D eigenvalue weighted by atomic mass is 16.2. The second-order valence-electron chi connectivity index (χ2n) is 6.25. The van der Waals surface area contributed by atoms with Gasteiger partial charge in [-0.1, -0.05) is 47.5 Å². The van der Waals surface area contributed by atoms with E-state index >= 15 is 0 Å². The molecule has 0 saturated heterocycles. The van der Waals surface area contributed by atoms with Crippen molar-refractivity contribution in [3.8, 4) is 0 Å². The summed E-state index contributed by atoms with van der Waals surface area (Å²) in [6.45, 7) is 14.6. The second kappa shape index (κ2) is 9.35. The van der Waals surface area contributed by atoms with Crippen molar-refractivity contribution < 1.29 is 4.79 Å². The Morgan fingerprint density at radius 2 is 1.74 bits per heavy atom. The normalized spacial score (nSPS) is 14.7. The molecule has 1 unspecified atom stereocenters. The van der Waals surface area contributed by atoms with E-state index in [0.717, 1.165) is 38.8 Å². The van der Waals surface area contributed by atoms with Crippen LogP contribution in [0.5, 0.6) is 0 Å². The standard InChI is InChI=1S/C16H34N2O/c1-7-10-17-15(19)16(6,11-13(4)5)18-12-14(8-2)9-3/h13-14,18H,7-12H2,1-6H3,(H,17,19). The van der Waals surface area contributed by atoms with E-state index in [-0.39, 0.29) is 5.91 Å². The van der Waals surface area contributed by atoms with Gasteiger partial charge in [-0.3, -0.25) is 4.79 Å². The van der Waals surface area contributed by atoms with Crippen LogP contribution in [-0.2, 0) is 4.79 Å². The third-order valence-corrected chi connectivity index (χ3v) is 3.79. The van der Waals surface area contributed by atoms with Crippen molar-refractivity contribution in [1.82, 2.24) is 10.6 Å². The highest BCUT2D eigenvalue weighted by Gasteiger charge is 2.33.